The van der Waals surface area contributed by atoms with Gasteiger partial charge in [-0.2, -0.15) is 0 Å². The standard InChI is InChI=1S/C25H40N2O3/c1-6-8-9-10-16-26-23(28)13-11-17-29-22-15-14-19-21(18-25(3,4)5)27-30-24(19)20(22)12-7-2/h14-15H,6-13,16-18H2,1-5H3,(H,26,28). The average Bonchev–Trinajstić information content (AvgIpc) is 3.08. The van der Waals surface area contributed by atoms with Crippen molar-refractivity contribution in [1.29, 1.82) is 0 Å². The molecular formula is C25H40N2O3. The van der Waals surface area contributed by atoms with Crippen molar-refractivity contribution in [1.82, 2.24) is 10.5 Å². The first-order valence-corrected chi connectivity index (χ1v) is 11.6. The van der Waals surface area contributed by atoms with Crippen LogP contribution in [0, 0.1) is 5.41 Å². The normalized spacial score (nSPS) is 11.8. The molecule has 2 aromatic rings. The van der Waals surface area contributed by atoms with Gasteiger partial charge in [0.05, 0.1) is 12.3 Å². The maximum Gasteiger partial charge on any atom is 0.220 e. The molecule has 5 nitrogen and oxygen atoms in total. The summed E-state index contributed by atoms with van der Waals surface area (Å²) in [5.41, 5.74) is 3.10. The Morgan fingerprint density at radius 2 is 1.90 bits per heavy atom. The number of aryl methyl sites for hydroxylation is 1. The van der Waals surface area contributed by atoms with Crippen molar-refractivity contribution in [2.24, 2.45) is 5.41 Å². The number of aromatic nitrogens is 1. The molecule has 2 rings (SSSR count). The van der Waals surface area contributed by atoms with Crippen LogP contribution < -0.4 is 10.1 Å². The Balaban J connectivity index is 1.91. The number of benzene rings is 1. The number of carbonyl (C=O) groups is 1. The van der Waals surface area contributed by atoms with Crippen molar-refractivity contribution in [2.45, 2.75) is 92.4 Å². The lowest BCUT2D eigenvalue weighted by Gasteiger charge is -2.16. The Hall–Kier alpha value is -2.04. The van der Waals surface area contributed by atoms with Crippen molar-refractivity contribution in [3.8, 4) is 5.75 Å². The van der Waals surface area contributed by atoms with Gasteiger partial charge in [-0.15, -0.1) is 0 Å². The van der Waals surface area contributed by atoms with E-state index >= 15 is 0 Å². The molecule has 0 aliphatic heterocycles. The Kier molecular flexibility index (Phi) is 9.67. The number of carbonyl (C=O) groups excluding carboxylic acids is 1. The topological polar surface area (TPSA) is 64.4 Å². The predicted octanol–water partition coefficient (Wildman–Crippen LogP) is 6.22. The molecule has 0 spiro atoms. The molecular weight excluding hydrogens is 376 g/mol. The van der Waals surface area contributed by atoms with Crippen molar-refractivity contribution >= 4 is 16.9 Å². The zero-order chi connectivity index (χ0) is 22.0. The summed E-state index contributed by atoms with van der Waals surface area (Å²) < 4.78 is 11.8. The van der Waals surface area contributed by atoms with Crippen LogP contribution in [0.25, 0.3) is 11.0 Å². The largest absolute Gasteiger partial charge is 0.493 e. The van der Waals surface area contributed by atoms with E-state index in [0.29, 0.717) is 19.4 Å². The number of ether oxygens (including phenoxy) is 1. The molecule has 1 amide bonds. The molecule has 0 saturated carbocycles. The Bertz CT molecular complexity index is 790. The number of hydrogen-bond acceptors (Lipinski definition) is 4. The lowest BCUT2D eigenvalue weighted by Crippen LogP contribution is -2.24. The second-order valence-corrected chi connectivity index (χ2v) is 9.40. The van der Waals surface area contributed by atoms with E-state index in [-0.39, 0.29) is 11.3 Å². The fourth-order valence-electron chi connectivity index (χ4n) is 3.63. The number of unbranched alkanes of at least 4 members (excludes halogenated alkanes) is 3. The van der Waals surface area contributed by atoms with Gasteiger partial charge in [-0.25, -0.2) is 0 Å². The van der Waals surface area contributed by atoms with Crippen molar-refractivity contribution in [3.05, 3.63) is 23.4 Å². The number of nitrogens with one attached hydrogen (secondary N) is 1. The molecule has 30 heavy (non-hydrogen) atoms. The van der Waals surface area contributed by atoms with Crippen molar-refractivity contribution in [2.75, 3.05) is 13.2 Å². The zero-order valence-corrected chi connectivity index (χ0v) is 19.6. The predicted molar refractivity (Wildman–Crippen MR) is 123 cm³/mol. The average molecular weight is 417 g/mol. The minimum absolute atomic E-state index is 0.112. The number of amides is 1. The lowest BCUT2D eigenvalue weighted by molar-refractivity contribution is -0.121. The van der Waals surface area contributed by atoms with Crippen molar-refractivity contribution < 1.29 is 14.1 Å². The summed E-state index contributed by atoms with van der Waals surface area (Å²) in [7, 11) is 0. The van der Waals surface area contributed by atoms with Crippen LogP contribution in [0.1, 0.15) is 90.8 Å². The Morgan fingerprint density at radius 3 is 2.60 bits per heavy atom. The highest BCUT2D eigenvalue weighted by Gasteiger charge is 2.20. The molecule has 1 aromatic carbocycles. The maximum absolute atomic E-state index is 12.0. The highest BCUT2D eigenvalue weighted by atomic mass is 16.5. The van der Waals surface area contributed by atoms with Crippen LogP contribution in [0.3, 0.4) is 0 Å². The molecule has 0 unspecified atom stereocenters. The van der Waals surface area contributed by atoms with E-state index in [9.17, 15) is 4.79 Å². The maximum atomic E-state index is 12.0. The minimum atomic E-state index is 0.112. The van der Waals surface area contributed by atoms with Gasteiger partial charge in [0.1, 0.15) is 5.75 Å². The quantitative estimate of drug-likeness (QED) is 0.393. The van der Waals surface area contributed by atoms with Gasteiger partial charge < -0.3 is 14.6 Å². The minimum Gasteiger partial charge on any atom is -0.493 e. The van der Waals surface area contributed by atoms with Gasteiger partial charge in [0.2, 0.25) is 5.91 Å². The molecule has 1 aromatic heterocycles. The van der Waals surface area contributed by atoms with E-state index < -0.39 is 0 Å². The monoisotopic (exact) mass is 416 g/mol. The highest BCUT2D eigenvalue weighted by molar-refractivity contribution is 5.84. The Labute approximate surface area is 181 Å². The van der Waals surface area contributed by atoms with E-state index in [2.05, 4.69) is 51.2 Å². The van der Waals surface area contributed by atoms with E-state index in [1.807, 2.05) is 6.07 Å². The third kappa shape index (κ3) is 7.66. The summed E-state index contributed by atoms with van der Waals surface area (Å²) in [4.78, 5) is 12.0. The molecule has 0 bridgehead atoms. The van der Waals surface area contributed by atoms with Crippen LogP contribution in [0.15, 0.2) is 16.7 Å². The van der Waals surface area contributed by atoms with Crippen LogP contribution in [-0.4, -0.2) is 24.2 Å². The van der Waals surface area contributed by atoms with Crippen LogP contribution in [0.2, 0.25) is 0 Å². The molecule has 0 radical (unpaired) electrons. The summed E-state index contributed by atoms with van der Waals surface area (Å²) >= 11 is 0. The van der Waals surface area contributed by atoms with Gasteiger partial charge in [-0.05, 0) is 43.2 Å². The van der Waals surface area contributed by atoms with E-state index in [1.54, 1.807) is 0 Å². The van der Waals surface area contributed by atoms with Gasteiger partial charge in [0.15, 0.2) is 5.58 Å². The smallest absolute Gasteiger partial charge is 0.220 e. The third-order valence-electron chi connectivity index (χ3n) is 5.13. The zero-order valence-electron chi connectivity index (χ0n) is 19.6. The Morgan fingerprint density at radius 1 is 1.10 bits per heavy atom. The molecule has 5 heteroatoms. The molecule has 168 valence electrons. The molecule has 1 heterocycles. The lowest BCUT2D eigenvalue weighted by atomic mass is 9.89. The van der Waals surface area contributed by atoms with Crippen LogP contribution in [-0.2, 0) is 17.6 Å². The number of hydrogen-bond donors (Lipinski definition) is 1. The van der Waals surface area contributed by atoms with Crippen molar-refractivity contribution in [3.63, 3.8) is 0 Å². The molecule has 0 saturated heterocycles. The third-order valence-corrected chi connectivity index (χ3v) is 5.13. The molecule has 0 fully saturated rings. The molecule has 0 aliphatic rings. The first kappa shape index (κ1) is 24.2. The van der Waals surface area contributed by atoms with Gasteiger partial charge >= 0.3 is 0 Å². The van der Waals surface area contributed by atoms with Gasteiger partial charge in [0, 0.05) is 23.9 Å². The van der Waals surface area contributed by atoms with Crippen LogP contribution in [0.4, 0.5) is 0 Å². The summed E-state index contributed by atoms with van der Waals surface area (Å²) in [6.45, 7) is 12.3. The van der Waals surface area contributed by atoms with Crippen LogP contribution >= 0.6 is 0 Å². The second kappa shape index (κ2) is 12.0. The number of fused-ring (bicyclic) bond motifs is 1. The number of nitrogens with zero attached hydrogens (tertiary/aromatic N) is 1. The highest BCUT2D eigenvalue weighted by Crippen LogP contribution is 2.33. The fourth-order valence-corrected chi connectivity index (χ4v) is 3.63. The summed E-state index contributed by atoms with van der Waals surface area (Å²) in [5, 5.41) is 8.43. The summed E-state index contributed by atoms with van der Waals surface area (Å²) in [6.07, 6.45) is 8.65. The molecule has 0 aliphatic carbocycles. The van der Waals surface area contributed by atoms with Crippen LogP contribution in [0.5, 0.6) is 5.75 Å². The van der Waals surface area contributed by atoms with E-state index in [4.69, 9.17) is 9.26 Å². The van der Waals surface area contributed by atoms with E-state index in [0.717, 1.165) is 60.2 Å². The van der Waals surface area contributed by atoms with E-state index in [1.165, 1.54) is 19.3 Å². The first-order valence-electron chi connectivity index (χ1n) is 11.6. The second-order valence-electron chi connectivity index (χ2n) is 9.40. The first-order chi connectivity index (χ1) is 14.4. The molecule has 1 N–H and O–H groups in total. The fraction of sp³-hybridized carbons (Fsp3) is 0.680. The van der Waals surface area contributed by atoms with Gasteiger partial charge in [-0.1, -0.05) is 65.5 Å². The summed E-state index contributed by atoms with van der Waals surface area (Å²) in [5.74, 6) is 0.962. The summed E-state index contributed by atoms with van der Waals surface area (Å²) in [6, 6.07) is 4.09. The number of rotatable bonds is 13. The van der Waals surface area contributed by atoms with Gasteiger partial charge in [0.25, 0.3) is 0 Å². The molecule has 0 atom stereocenters. The van der Waals surface area contributed by atoms with Gasteiger partial charge in [-0.3, -0.25) is 4.79 Å². The SMILES string of the molecule is CCCCCCNC(=O)CCCOc1ccc2c(CC(C)(C)C)noc2c1CCC.